The van der Waals surface area contributed by atoms with Crippen LogP contribution in [0.15, 0.2) is 54.7 Å². The number of benzene rings is 2. The molecular weight excluding hydrogens is 298 g/mol. The Labute approximate surface area is 142 Å². The second-order valence-corrected chi connectivity index (χ2v) is 6.64. The summed E-state index contributed by atoms with van der Waals surface area (Å²) >= 11 is 0. The fraction of sp³-hybridized carbons (Fsp3) is 0.300. The first-order valence-electron chi connectivity index (χ1n) is 8.30. The average molecular weight is 321 g/mol. The van der Waals surface area contributed by atoms with Crippen molar-refractivity contribution in [3.05, 3.63) is 65.9 Å². The van der Waals surface area contributed by atoms with Crippen molar-refractivity contribution in [2.24, 2.45) is 5.41 Å². The van der Waals surface area contributed by atoms with Gasteiger partial charge in [-0.15, -0.1) is 0 Å². The number of aromatic amines is 1. The van der Waals surface area contributed by atoms with E-state index in [1.165, 1.54) is 0 Å². The maximum atomic E-state index is 12.7. The number of fused-ring (bicyclic) bond motifs is 1. The zero-order valence-electron chi connectivity index (χ0n) is 14.3. The highest BCUT2D eigenvalue weighted by molar-refractivity contribution is 5.84. The summed E-state index contributed by atoms with van der Waals surface area (Å²) in [6, 6.07) is 16.5. The number of amides is 1. The Morgan fingerprint density at radius 1 is 1.17 bits per heavy atom. The van der Waals surface area contributed by atoms with Gasteiger partial charge in [-0.2, -0.15) is 5.10 Å². The highest BCUT2D eigenvalue weighted by Gasteiger charge is 2.38. The molecule has 24 heavy (non-hydrogen) atoms. The van der Waals surface area contributed by atoms with Crippen molar-refractivity contribution in [1.29, 1.82) is 0 Å². The summed E-state index contributed by atoms with van der Waals surface area (Å²) < 4.78 is 0. The van der Waals surface area contributed by atoms with E-state index in [-0.39, 0.29) is 11.8 Å². The maximum Gasteiger partial charge on any atom is 0.226 e. The highest BCUT2D eigenvalue weighted by atomic mass is 16.2. The van der Waals surface area contributed by atoms with Crippen LogP contribution in [0.1, 0.15) is 37.8 Å². The van der Waals surface area contributed by atoms with Gasteiger partial charge in [-0.1, -0.05) is 50.2 Å². The minimum absolute atomic E-state index is 0.0375. The van der Waals surface area contributed by atoms with Crippen LogP contribution in [-0.4, -0.2) is 22.6 Å². The molecule has 0 saturated carbocycles. The van der Waals surface area contributed by atoms with Crippen molar-refractivity contribution < 1.29 is 4.79 Å². The molecule has 0 aliphatic heterocycles. The number of nitrogens with one attached hydrogen (secondary N) is 2. The van der Waals surface area contributed by atoms with E-state index in [0.29, 0.717) is 6.54 Å². The van der Waals surface area contributed by atoms with E-state index in [2.05, 4.69) is 39.8 Å². The van der Waals surface area contributed by atoms with E-state index in [4.69, 9.17) is 0 Å². The Hall–Kier alpha value is -2.62. The fourth-order valence-corrected chi connectivity index (χ4v) is 3.33. The Morgan fingerprint density at radius 3 is 2.62 bits per heavy atom. The molecule has 0 radical (unpaired) electrons. The third-order valence-corrected chi connectivity index (χ3v) is 4.57. The maximum absolute atomic E-state index is 12.7. The molecule has 1 aromatic heterocycles. The third-order valence-electron chi connectivity index (χ3n) is 4.57. The molecule has 0 aliphatic carbocycles. The number of hydrogen-bond donors (Lipinski definition) is 2. The van der Waals surface area contributed by atoms with E-state index < -0.39 is 5.41 Å². The van der Waals surface area contributed by atoms with Crippen LogP contribution in [0.25, 0.3) is 10.9 Å². The topological polar surface area (TPSA) is 57.8 Å². The Balaban J connectivity index is 2.13. The van der Waals surface area contributed by atoms with Gasteiger partial charge in [-0.05, 0) is 30.2 Å². The largest absolute Gasteiger partial charge is 0.356 e. The van der Waals surface area contributed by atoms with Gasteiger partial charge in [0.25, 0.3) is 0 Å². The van der Waals surface area contributed by atoms with Gasteiger partial charge >= 0.3 is 0 Å². The second kappa shape index (κ2) is 6.48. The molecule has 1 atom stereocenters. The molecule has 4 nitrogen and oxygen atoms in total. The van der Waals surface area contributed by atoms with Gasteiger partial charge in [0.2, 0.25) is 5.91 Å². The Bertz CT molecular complexity index is 836. The first-order valence-corrected chi connectivity index (χ1v) is 8.30. The van der Waals surface area contributed by atoms with Crippen LogP contribution in [0.2, 0.25) is 0 Å². The molecule has 2 N–H and O–H groups in total. The van der Waals surface area contributed by atoms with Gasteiger partial charge in [0.15, 0.2) is 0 Å². The van der Waals surface area contributed by atoms with Crippen LogP contribution in [0.5, 0.6) is 0 Å². The molecule has 4 heteroatoms. The zero-order valence-corrected chi connectivity index (χ0v) is 14.3. The van der Waals surface area contributed by atoms with Gasteiger partial charge in [0.1, 0.15) is 0 Å². The van der Waals surface area contributed by atoms with Crippen LogP contribution in [0.3, 0.4) is 0 Å². The molecule has 0 spiro atoms. The van der Waals surface area contributed by atoms with Crippen molar-refractivity contribution in [1.82, 2.24) is 15.5 Å². The lowest BCUT2D eigenvalue weighted by Crippen LogP contribution is -2.41. The summed E-state index contributed by atoms with van der Waals surface area (Å²) in [5, 5.41) is 11.1. The molecule has 0 aliphatic rings. The molecule has 3 aromatic rings. The highest BCUT2D eigenvalue weighted by Crippen LogP contribution is 2.41. The average Bonchev–Trinajstić information content (AvgIpc) is 3.04. The number of rotatable bonds is 5. The molecule has 1 amide bonds. The summed E-state index contributed by atoms with van der Waals surface area (Å²) in [5.41, 5.74) is 2.68. The van der Waals surface area contributed by atoms with Crippen molar-refractivity contribution in [3.63, 3.8) is 0 Å². The quantitative estimate of drug-likeness (QED) is 0.750. The number of carbonyl (C=O) groups excluding carboxylic acids is 1. The van der Waals surface area contributed by atoms with Crippen molar-refractivity contribution in [2.45, 2.75) is 26.7 Å². The van der Waals surface area contributed by atoms with Crippen molar-refractivity contribution >= 4 is 16.8 Å². The zero-order chi connectivity index (χ0) is 17.2. The summed E-state index contributed by atoms with van der Waals surface area (Å²) in [4.78, 5) is 12.7. The van der Waals surface area contributed by atoms with Crippen molar-refractivity contribution in [3.8, 4) is 0 Å². The van der Waals surface area contributed by atoms with E-state index in [9.17, 15) is 4.79 Å². The Kier molecular flexibility index (Phi) is 4.38. The van der Waals surface area contributed by atoms with Crippen LogP contribution in [0.4, 0.5) is 0 Å². The normalized spacial score (nSPS) is 13.0. The molecule has 3 rings (SSSR count). The van der Waals surface area contributed by atoms with E-state index in [0.717, 1.165) is 22.0 Å². The second-order valence-electron chi connectivity index (χ2n) is 6.64. The van der Waals surface area contributed by atoms with Crippen LogP contribution in [-0.2, 0) is 4.79 Å². The molecule has 0 fully saturated rings. The number of hydrogen-bond acceptors (Lipinski definition) is 2. The lowest BCUT2D eigenvalue weighted by molar-refractivity contribution is -0.129. The van der Waals surface area contributed by atoms with E-state index >= 15 is 0 Å². The van der Waals surface area contributed by atoms with Gasteiger partial charge in [0, 0.05) is 17.8 Å². The lowest BCUT2D eigenvalue weighted by atomic mass is 9.70. The van der Waals surface area contributed by atoms with E-state index in [1.54, 1.807) is 0 Å². The van der Waals surface area contributed by atoms with E-state index in [1.807, 2.05) is 51.2 Å². The summed E-state index contributed by atoms with van der Waals surface area (Å²) in [6.45, 7) is 6.60. The van der Waals surface area contributed by atoms with Crippen LogP contribution >= 0.6 is 0 Å². The standard InChI is InChI=1S/C20H23N3O/c1-4-21-19(24)20(2,3)18(14-8-6-5-7-9-14)15-10-11-17-16(12-15)13-22-23-17/h5-13,18H,4H2,1-3H3,(H,21,24)(H,22,23). The summed E-state index contributed by atoms with van der Waals surface area (Å²) in [6.07, 6.45) is 1.82. The molecule has 1 heterocycles. The first kappa shape index (κ1) is 16.2. The smallest absolute Gasteiger partial charge is 0.226 e. The van der Waals surface area contributed by atoms with Gasteiger partial charge in [-0.25, -0.2) is 0 Å². The Morgan fingerprint density at radius 2 is 1.92 bits per heavy atom. The summed E-state index contributed by atoms with van der Waals surface area (Å²) in [7, 11) is 0. The number of aromatic nitrogens is 2. The molecule has 124 valence electrons. The first-order chi connectivity index (χ1) is 11.5. The SMILES string of the molecule is CCNC(=O)C(C)(C)C(c1ccccc1)c1ccc2[nH]ncc2c1. The monoisotopic (exact) mass is 321 g/mol. The molecule has 2 aromatic carbocycles. The van der Waals surface area contributed by atoms with Crippen LogP contribution < -0.4 is 5.32 Å². The summed E-state index contributed by atoms with van der Waals surface area (Å²) in [5.74, 6) is 0.0238. The minimum atomic E-state index is -0.575. The predicted molar refractivity (Wildman–Crippen MR) is 96.8 cm³/mol. The lowest BCUT2D eigenvalue weighted by Gasteiger charge is -2.34. The number of nitrogens with zero attached hydrogens (tertiary/aromatic N) is 1. The third kappa shape index (κ3) is 2.92. The van der Waals surface area contributed by atoms with Gasteiger partial charge in [-0.3, -0.25) is 9.89 Å². The molecule has 0 bridgehead atoms. The van der Waals surface area contributed by atoms with Gasteiger partial charge in [0.05, 0.1) is 17.1 Å². The number of H-pyrrole nitrogens is 1. The van der Waals surface area contributed by atoms with Crippen molar-refractivity contribution in [2.75, 3.05) is 6.54 Å². The molecule has 0 saturated heterocycles. The fourth-order valence-electron chi connectivity index (χ4n) is 3.33. The molecule has 1 unspecified atom stereocenters. The number of carbonyl (C=O) groups is 1. The predicted octanol–water partition coefficient (Wildman–Crippen LogP) is 3.86. The minimum Gasteiger partial charge on any atom is -0.356 e. The molecular formula is C20H23N3O. The van der Waals surface area contributed by atoms with Gasteiger partial charge < -0.3 is 5.32 Å². The van der Waals surface area contributed by atoms with Crippen LogP contribution in [0, 0.1) is 5.41 Å².